The van der Waals surface area contributed by atoms with Crippen LogP contribution in [0.3, 0.4) is 0 Å². The fourth-order valence-corrected chi connectivity index (χ4v) is 0. The second kappa shape index (κ2) is 2.65. The lowest BCUT2D eigenvalue weighted by atomic mass is 10.8. The zero-order valence-electron chi connectivity index (χ0n) is 2.36. The maximum absolute atomic E-state index is 4.73. The highest BCUT2D eigenvalue weighted by atomic mass is 28.1. The summed E-state index contributed by atoms with van der Waals surface area (Å²) in [4.78, 5) is 0. The lowest BCUT2D eigenvalue weighted by molar-refractivity contribution is 2.98. The minimum absolute atomic E-state index is 1.66. The molecule has 0 aromatic rings. The van der Waals surface area contributed by atoms with Crippen molar-refractivity contribution in [1.29, 1.82) is 0 Å². The van der Waals surface area contributed by atoms with Gasteiger partial charge in [-0.1, -0.05) is 5.92 Å². The molecule has 20 valence electrons. The van der Waals surface area contributed by atoms with Crippen molar-refractivity contribution in [2.75, 3.05) is 0 Å². The quantitative estimate of drug-likeness (QED) is 0.254. The standard InChI is InChI=1S/C3H4Si/c1-2-3-4/h1,3H,4H2. The molecule has 0 nitrogen and oxygen atoms in total. The molecule has 0 heterocycles. The summed E-state index contributed by atoms with van der Waals surface area (Å²) in [6.45, 7) is 0. The molecule has 1 heteroatoms. The fraction of sp³-hybridized carbons (Fsp3) is 0. The molecule has 0 amide bonds. The van der Waals surface area contributed by atoms with Gasteiger partial charge in [0.2, 0.25) is 0 Å². The molecule has 0 rings (SSSR count). The van der Waals surface area contributed by atoms with E-state index < -0.39 is 0 Å². The van der Waals surface area contributed by atoms with Crippen molar-refractivity contribution in [3.8, 4) is 12.3 Å². The molecule has 0 saturated heterocycles. The van der Waals surface area contributed by atoms with Gasteiger partial charge in [-0.05, 0) is 15.5 Å². The molecule has 0 unspecified atom stereocenters. The summed E-state index contributed by atoms with van der Waals surface area (Å²) in [5.41, 5.74) is 1.68. The van der Waals surface area contributed by atoms with Gasteiger partial charge in [0.15, 0.2) is 0 Å². The summed E-state index contributed by atoms with van der Waals surface area (Å²) >= 11 is 0. The Morgan fingerprint density at radius 1 is 2.00 bits per heavy atom. The highest BCUT2D eigenvalue weighted by Gasteiger charge is 1.26. The molecule has 0 spiro atoms. The highest BCUT2D eigenvalue weighted by Crippen LogP contribution is 1.17. The molecule has 0 N–H and O–H groups in total. The summed E-state index contributed by atoms with van der Waals surface area (Å²) in [5.74, 6) is 2.32. The first-order chi connectivity index (χ1) is 1.91. The predicted molar refractivity (Wildman–Crippen MR) is 23.4 cm³/mol. The molecule has 0 aliphatic rings. The number of hydrogen-bond donors (Lipinski definition) is 0. The van der Waals surface area contributed by atoms with Crippen molar-refractivity contribution in [2.24, 2.45) is 0 Å². The minimum Gasteiger partial charge on any atom is -0.116 e. The largest absolute Gasteiger partial charge is 0.116 e. The summed E-state index contributed by atoms with van der Waals surface area (Å²) in [7, 11) is 1.66. The second-order valence-corrected chi connectivity index (χ2v) is 0.779. The Morgan fingerprint density at radius 3 is 2.25 bits per heavy atom. The monoisotopic (exact) mass is 68.0 g/mol. The Hall–Kier alpha value is -0.353. The van der Waals surface area contributed by atoms with Gasteiger partial charge >= 0.3 is 0 Å². The van der Waals surface area contributed by atoms with E-state index in [0.29, 0.717) is 0 Å². The van der Waals surface area contributed by atoms with E-state index in [0.717, 1.165) is 0 Å². The molecule has 0 aliphatic heterocycles. The van der Waals surface area contributed by atoms with Crippen molar-refractivity contribution in [3.05, 3.63) is 0 Å². The Balaban J connectivity index is 2.92. The van der Waals surface area contributed by atoms with Crippen LogP contribution in [0.25, 0.3) is 0 Å². The van der Waals surface area contributed by atoms with E-state index in [1.807, 2.05) is 0 Å². The molecule has 0 radical (unpaired) electrons. The van der Waals surface area contributed by atoms with Crippen molar-refractivity contribution < 1.29 is 0 Å². The van der Waals surface area contributed by atoms with Crippen LogP contribution in [-0.4, -0.2) is 15.5 Å². The lowest BCUT2D eigenvalue weighted by Gasteiger charge is -1.38. The van der Waals surface area contributed by atoms with Crippen molar-refractivity contribution in [3.63, 3.8) is 0 Å². The van der Waals surface area contributed by atoms with Crippen LogP contribution in [0.4, 0.5) is 0 Å². The van der Waals surface area contributed by atoms with Crippen molar-refractivity contribution in [1.82, 2.24) is 0 Å². The summed E-state index contributed by atoms with van der Waals surface area (Å²) < 4.78 is 0. The average Bonchev–Trinajstić information content (AvgIpc) is 1.37. The van der Waals surface area contributed by atoms with Gasteiger partial charge in [0.1, 0.15) is 0 Å². The topological polar surface area (TPSA) is 0 Å². The summed E-state index contributed by atoms with van der Waals surface area (Å²) in [6.07, 6.45) is 4.73. The Labute approximate surface area is 28.9 Å². The van der Waals surface area contributed by atoms with E-state index in [-0.39, 0.29) is 0 Å². The average molecular weight is 68.2 g/mol. The number of terminal acetylenes is 1. The predicted octanol–water partition coefficient (Wildman–Crippen LogP) is -0.945. The summed E-state index contributed by atoms with van der Waals surface area (Å²) in [6, 6.07) is 0. The second-order valence-electron chi connectivity index (χ2n) is 0.371. The van der Waals surface area contributed by atoms with Gasteiger partial charge in [-0.25, -0.2) is 0 Å². The fourth-order valence-electron chi connectivity index (χ4n) is 0. The van der Waals surface area contributed by atoms with Crippen molar-refractivity contribution in [2.45, 2.75) is 0 Å². The van der Waals surface area contributed by atoms with E-state index in [1.54, 1.807) is 15.5 Å². The third kappa shape index (κ3) is 1.65. The van der Waals surface area contributed by atoms with Crippen molar-refractivity contribution >= 4 is 15.5 Å². The van der Waals surface area contributed by atoms with E-state index in [9.17, 15) is 0 Å². The minimum atomic E-state index is 1.66. The maximum Gasteiger partial charge on any atom is -0.0125 e. The smallest absolute Gasteiger partial charge is 0.0125 e. The maximum atomic E-state index is 4.73. The van der Waals surface area contributed by atoms with Crippen LogP contribution in [0.15, 0.2) is 0 Å². The van der Waals surface area contributed by atoms with Gasteiger partial charge in [0, 0.05) is 0 Å². The first kappa shape index (κ1) is 3.65. The van der Waals surface area contributed by atoms with Gasteiger partial charge in [-0.15, -0.1) is 6.42 Å². The zero-order valence-corrected chi connectivity index (χ0v) is 3.78. The van der Waals surface area contributed by atoms with Gasteiger partial charge in [-0.2, -0.15) is 0 Å². The highest BCUT2D eigenvalue weighted by molar-refractivity contribution is 6.32. The molecular weight excluding hydrogens is 64.1 g/mol. The van der Waals surface area contributed by atoms with E-state index >= 15 is 0 Å². The van der Waals surface area contributed by atoms with E-state index in [2.05, 4.69) is 5.92 Å². The molecule has 4 heavy (non-hydrogen) atoms. The molecular formula is C3H4Si. The molecule has 0 bridgehead atoms. The van der Waals surface area contributed by atoms with Crippen LogP contribution >= 0.6 is 0 Å². The van der Waals surface area contributed by atoms with Crippen LogP contribution in [0.1, 0.15) is 0 Å². The van der Waals surface area contributed by atoms with Gasteiger partial charge < -0.3 is 0 Å². The van der Waals surface area contributed by atoms with Crippen LogP contribution < -0.4 is 0 Å². The van der Waals surface area contributed by atoms with E-state index in [1.165, 1.54) is 0 Å². The van der Waals surface area contributed by atoms with Gasteiger partial charge in [-0.3, -0.25) is 0 Å². The molecule has 0 aliphatic carbocycles. The third-order valence-corrected chi connectivity index (χ3v) is 0.354. The first-order valence-electron chi connectivity index (χ1n) is 0.986. The van der Waals surface area contributed by atoms with Crippen LogP contribution in [0.2, 0.25) is 0 Å². The molecule has 0 saturated carbocycles. The SMILES string of the molecule is C#CC=[SiH2]. The Kier molecular flexibility index (Phi) is 2.41. The molecule has 0 atom stereocenters. The lowest BCUT2D eigenvalue weighted by Crippen LogP contribution is -1.50. The van der Waals surface area contributed by atoms with Crippen LogP contribution in [0.5, 0.6) is 0 Å². The molecule has 0 fully saturated rings. The van der Waals surface area contributed by atoms with Crippen LogP contribution in [0, 0.1) is 12.3 Å². The van der Waals surface area contributed by atoms with Gasteiger partial charge in [0.05, 0.1) is 0 Å². The molecule has 0 aromatic carbocycles. The summed E-state index contributed by atoms with van der Waals surface area (Å²) in [5, 5.41) is 0. The molecule has 0 aromatic heterocycles. The van der Waals surface area contributed by atoms with Crippen LogP contribution in [-0.2, 0) is 0 Å². The number of rotatable bonds is 0. The first-order valence-corrected chi connectivity index (χ1v) is 1.80. The Morgan fingerprint density at radius 2 is 2.25 bits per heavy atom. The zero-order chi connectivity index (χ0) is 3.41. The third-order valence-electron chi connectivity index (χ3n) is 0.118. The van der Waals surface area contributed by atoms with Gasteiger partial charge in [0.25, 0.3) is 0 Å². The normalized spacial score (nSPS) is 3.75. The van der Waals surface area contributed by atoms with E-state index in [4.69, 9.17) is 6.42 Å². The number of hydrogen-bond acceptors (Lipinski definition) is 0. The Bertz CT molecular complexity index is 48.8.